The maximum atomic E-state index is 13.3. The monoisotopic (exact) mass is 618 g/mol. The van der Waals surface area contributed by atoms with Crippen molar-refractivity contribution in [3.8, 4) is 0 Å². The zero-order valence-electron chi connectivity index (χ0n) is 26.6. The van der Waals surface area contributed by atoms with Gasteiger partial charge >= 0.3 is 6.03 Å². The fraction of sp³-hybridized carbons (Fsp3) is 0.645. The smallest absolute Gasteiger partial charge is 0.312 e. The summed E-state index contributed by atoms with van der Waals surface area (Å²) in [5.74, 6) is -1.48. The number of nitrogens with one attached hydrogen (secondary N) is 4. The number of ether oxygens (including phenoxy) is 1. The van der Waals surface area contributed by atoms with E-state index >= 15 is 0 Å². The van der Waals surface area contributed by atoms with Crippen LogP contribution < -0.4 is 27.0 Å². The summed E-state index contributed by atoms with van der Waals surface area (Å²) in [6.07, 6.45) is 1.07. The number of likely N-dealkylation sites (tertiary alicyclic amines) is 1. The number of urea groups is 1. The average molecular weight is 619 g/mol. The number of nitrogens with two attached hydrogens (primary N) is 1. The molecule has 6 amide bonds. The lowest BCUT2D eigenvalue weighted by atomic mass is 10.0. The second-order valence-corrected chi connectivity index (χ2v) is 12.1. The number of benzene rings is 1. The van der Waals surface area contributed by atoms with Gasteiger partial charge in [-0.25, -0.2) is 4.79 Å². The minimum Gasteiger partial charge on any atom is -0.379 e. The number of nitrogens with zero attached hydrogens (tertiary/aromatic N) is 1. The average Bonchev–Trinajstić information content (AvgIpc) is 3.19. The van der Waals surface area contributed by atoms with Gasteiger partial charge in [-0.2, -0.15) is 0 Å². The first-order valence-corrected chi connectivity index (χ1v) is 15.4. The standard InChI is InChI=1S/C31H50N6O7/c1-19(2)17-22-8-10-23(11-9-22)34-28(40)24(7-6-13-33-31(32)43)35-29(41)27(20(3)4)36-25(38)12-15-44-16-14-37-26(39)18-21(5)30(37)42/h8-11,19-21,24,26-27,39H,6-7,12-18H2,1-5H3,(H,34,40)(H,35,41)(H,36,38)(H3,32,33,43)/t21?,24-,26?,27-/m0/s1. The van der Waals surface area contributed by atoms with Crippen molar-refractivity contribution < 1.29 is 33.8 Å². The molecule has 0 radical (unpaired) electrons. The van der Waals surface area contributed by atoms with Crippen LogP contribution in [0.25, 0.3) is 0 Å². The number of aliphatic hydroxyl groups is 1. The second-order valence-electron chi connectivity index (χ2n) is 12.1. The first kappa shape index (κ1) is 36.5. The van der Waals surface area contributed by atoms with Crippen LogP contribution in [-0.2, 0) is 30.3 Å². The van der Waals surface area contributed by atoms with Crippen molar-refractivity contribution in [2.45, 2.75) is 85.0 Å². The molecule has 246 valence electrons. The number of rotatable bonds is 18. The Morgan fingerprint density at radius 3 is 2.30 bits per heavy atom. The van der Waals surface area contributed by atoms with Crippen LogP contribution >= 0.6 is 0 Å². The van der Waals surface area contributed by atoms with Crippen LogP contribution in [0, 0.1) is 17.8 Å². The molecule has 2 rings (SSSR count). The molecule has 13 heteroatoms. The number of primary amides is 1. The van der Waals surface area contributed by atoms with E-state index in [9.17, 15) is 29.1 Å². The van der Waals surface area contributed by atoms with E-state index < -0.39 is 42.1 Å². The van der Waals surface area contributed by atoms with Crippen LogP contribution in [0.5, 0.6) is 0 Å². The number of anilines is 1. The first-order chi connectivity index (χ1) is 20.8. The van der Waals surface area contributed by atoms with E-state index in [1.165, 1.54) is 4.90 Å². The molecule has 0 aliphatic carbocycles. The van der Waals surface area contributed by atoms with Gasteiger partial charge in [-0.3, -0.25) is 19.2 Å². The molecule has 2 unspecified atom stereocenters. The second kappa shape index (κ2) is 18.2. The summed E-state index contributed by atoms with van der Waals surface area (Å²) in [6, 6.07) is 5.01. The molecule has 13 nitrogen and oxygen atoms in total. The number of hydrogen-bond donors (Lipinski definition) is 6. The summed E-state index contributed by atoms with van der Waals surface area (Å²) >= 11 is 0. The van der Waals surface area contributed by atoms with Gasteiger partial charge in [0.15, 0.2) is 0 Å². The Morgan fingerprint density at radius 1 is 1.05 bits per heavy atom. The molecule has 1 heterocycles. The summed E-state index contributed by atoms with van der Waals surface area (Å²) in [6.45, 7) is 10.3. The summed E-state index contributed by atoms with van der Waals surface area (Å²) in [7, 11) is 0. The van der Waals surface area contributed by atoms with Crippen LogP contribution in [0.3, 0.4) is 0 Å². The lowest BCUT2D eigenvalue weighted by Crippen LogP contribution is -2.54. The molecular weight excluding hydrogens is 568 g/mol. The third-order valence-electron chi connectivity index (χ3n) is 7.31. The lowest BCUT2D eigenvalue weighted by Gasteiger charge is -2.25. The Kier molecular flexibility index (Phi) is 15.1. The van der Waals surface area contributed by atoms with E-state index in [-0.39, 0.29) is 56.9 Å². The van der Waals surface area contributed by atoms with Crippen molar-refractivity contribution in [3.05, 3.63) is 29.8 Å². The molecule has 0 saturated carbocycles. The fourth-order valence-electron chi connectivity index (χ4n) is 4.92. The molecule has 1 aromatic rings. The maximum Gasteiger partial charge on any atom is 0.312 e. The topological polar surface area (TPSA) is 192 Å². The molecule has 44 heavy (non-hydrogen) atoms. The number of carbonyl (C=O) groups excluding carboxylic acids is 5. The predicted molar refractivity (Wildman–Crippen MR) is 166 cm³/mol. The number of hydrogen-bond acceptors (Lipinski definition) is 7. The normalized spacial score (nSPS) is 17.8. The summed E-state index contributed by atoms with van der Waals surface area (Å²) < 4.78 is 5.49. The Bertz CT molecular complexity index is 1110. The zero-order valence-corrected chi connectivity index (χ0v) is 26.6. The van der Waals surface area contributed by atoms with E-state index in [4.69, 9.17) is 10.5 Å². The molecule has 0 aromatic heterocycles. The van der Waals surface area contributed by atoms with Gasteiger partial charge in [0, 0.05) is 37.5 Å². The summed E-state index contributed by atoms with van der Waals surface area (Å²) in [5, 5.41) is 20.8. The quantitative estimate of drug-likeness (QED) is 0.134. The van der Waals surface area contributed by atoms with Gasteiger partial charge in [0.05, 0.1) is 13.2 Å². The van der Waals surface area contributed by atoms with E-state index in [0.717, 1.165) is 12.0 Å². The molecule has 1 aliphatic heterocycles. The maximum absolute atomic E-state index is 13.3. The van der Waals surface area contributed by atoms with Crippen molar-refractivity contribution >= 4 is 35.3 Å². The highest BCUT2D eigenvalue weighted by Crippen LogP contribution is 2.22. The molecular formula is C31H50N6O7. The van der Waals surface area contributed by atoms with E-state index in [1.54, 1.807) is 20.8 Å². The number of carbonyl (C=O) groups is 5. The highest BCUT2D eigenvalue weighted by Gasteiger charge is 2.35. The highest BCUT2D eigenvalue weighted by atomic mass is 16.5. The molecule has 1 fully saturated rings. The molecule has 7 N–H and O–H groups in total. The van der Waals surface area contributed by atoms with Gasteiger partial charge in [-0.05, 0) is 48.8 Å². The molecule has 0 spiro atoms. The lowest BCUT2D eigenvalue weighted by molar-refractivity contribution is -0.136. The fourth-order valence-corrected chi connectivity index (χ4v) is 4.92. The van der Waals surface area contributed by atoms with E-state index in [2.05, 4.69) is 35.1 Å². The third-order valence-corrected chi connectivity index (χ3v) is 7.31. The van der Waals surface area contributed by atoms with Crippen LogP contribution in [0.1, 0.15) is 65.9 Å². The summed E-state index contributed by atoms with van der Waals surface area (Å²) in [5.41, 5.74) is 6.87. The van der Waals surface area contributed by atoms with Crippen molar-refractivity contribution in [2.75, 3.05) is 31.6 Å². The molecule has 0 bridgehead atoms. The van der Waals surface area contributed by atoms with Crippen LogP contribution in [0.2, 0.25) is 0 Å². The van der Waals surface area contributed by atoms with Gasteiger partial charge in [-0.1, -0.05) is 46.8 Å². The van der Waals surface area contributed by atoms with Crippen molar-refractivity contribution in [1.29, 1.82) is 0 Å². The van der Waals surface area contributed by atoms with Crippen LogP contribution in [-0.4, -0.2) is 84.3 Å². The van der Waals surface area contributed by atoms with Gasteiger partial charge in [-0.15, -0.1) is 0 Å². The van der Waals surface area contributed by atoms with Crippen molar-refractivity contribution in [2.24, 2.45) is 23.5 Å². The third kappa shape index (κ3) is 12.5. The first-order valence-electron chi connectivity index (χ1n) is 15.4. The Morgan fingerprint density at radius 2 is 1.73 bits per heavy atom. The molecule has 1 aromatic carbocycles. The predicted octanol–water partition coefficient (Wildman–Crippen LogP) is 1.49. The van der Waals surface area contributed by atoms with Crippen molar-refractivity contribution in [1.82, 2.24) is 20.9 Å². The van der Waals surface area contributed by atoms with Gasteiger partial charge < -0.3 is 41.7 Å². The van der Waals surface area contributed by atoms with Gasteiger partial charge in [0.1, 0.15) is 18.3 Å². The SMILES string of the molecule is CC(C)Cc1ccc(NC(=O)[C@H](CCCNC(N)=O)NC(=O)[C@@H](NC(=O)CCOCCN2C(=O)C(C)CC2O)C(C)C)cc1. The van der Waals surface area contributed by atoms with Crippen LogP contribution in [0.15, 0.2) is 24.3 Å². The number of aliphatic hydroxyl groups excluding tert-OH is 1. The van der Waals surface area contributed by atoms with Gasteiger partial charge in [0.25, 0.3) is 0 Å². The molecule has 1 aliphatic rings. The Labute approximate surface area is 260 Å². The largest absolute Gasteiger partial charge is 0.379 e. The van der Waals surface area contributed by atoms with Crippen LogP contribution in [0.4, 0.5) is 10.5 Å². The Hall–Kier alpha value is -3.71. The Balaban J connectivity index is 1.93. The van der Waals surface area contributed by atoms with Gasteiger partial charge in [0.2, 0.25) is 23.6 Å². The van der Waals surface area contributed by atoms with E-state index in [1.807, 2.05) is 24.3 Å². The minimum absolute atomic E-state index is 0.0150. The summed E-state index contributed by atoms with van der Waals surface area (Å²) in [4.78, 5) is 63.6. The molecule has 4 atom stereocenters. The van der Waals surface area contributed by atoms with Crippen molar-refractivity contribution in [3.63, 3.8) is 0 Å². The molecule has 1 saturated heterocycles. The zero-order chi connectivity index (χ0) is 32.8. The minimum atomic E-state index is -0.930. The highest BCUT2D eigenvalue weighted by molar-refractivity contribution is 5.98. The number of amides is 6. The van der Waals surface area contributed by atoms with E-state index in [0.29, 0.717) is 24.4 Å².